The highest BCUT2D eigenvalue weighted by Crippen LogP contribution is 2.23. The molecule has 0 aliphatic rings. The summed E-state index contributed by atoms with van der Waals surface area (Å²) in [7, 11) is 3.02. The summed E-state index contributed by atoms with van der Waals surface area (Å²) in [5.74, 6) is 1.20. The van der Waals surface area contributed by atoms with E-state index in [0.29, 0.717) is 17.2 Å². The van der Waals surface area contributed by atoms with Gasteiger partial charge in [0.15, 0.2) is 5.75 Å². The van der Waals surface area contributed by atoms with Crippen LogP contribution in [0.25, 0.3) is 0 Å². The number of nitrogens with one attached hydrogen (secondary N) is 1. The molecule has 0 radical (unpaired) electrons. The zero-order valence-electron chi connectivity index (χ0n) is 17.2. The average Bonchev–Trinajstić information content (AvgIpc) is 2.74. The van der Waals surface area contributed by atoms with Crippen LogP contribution in [0.15, 0.2) is 70.5 Å². The Balaban J connectivity index is 1.78. The van der Waals surface area contributed by atoms with Crippen LogP contribution in [-0.4, -0.2) is 24.7 Å². The molecule has 2 aromatic carbocycles. The Hall–Kier alpha value is -3.19. The van der Waals surface area contributed by atoms with Gasteiger partial charge in [0, 0.05) is 34.2 Å². The van der Waals surface area contributed by atoms with Crippen molar-refractivity contribution >= 4 is 23.4 Å². The lowest BCUT2D eigenvalue weighted by atomic mass is 10.2. The van der Waals surface area contributed by atoms with Crippen LogP contribution in [-0.2, 0) is 17.1 Å². The monoisotopic (exact) mass is 424 g/mol. The molecule has 0 saturated carbocycles. The fourth-order valence-corrected chi connectivity index (χ4v) is 3.76. The SMILES string of the molecule is COc1cccc(NC(=O)Cn2cc(OC)c(=O)cc2CSc2ccc(C)cc2)c1. The van der Waals surface area contributed by atoms with Gasteiger partial charge in [-0.15, -0.1) is 11.8 Å². The number of hydrogen-bond acceptors (Lipinski definition) is 5. The van der Waals surface area contributed by atoms with Gasteiger partial charge in [0.2, 0.25) is 11.3 Å². The number of benzene rings is 2. The van der Waals surface area contributed by atoms with Crippen molar-refractivity contribution in [2.24, 2.45) is 0 Å². The Morgan fingerprint density at radius 2 is 1.83 bits per heavy atom. The Morgan fingerprint density at radius 1 is 1.07 bits per heavy atom. The first kappa shape index (κ1) is 21.5. The van der Waals surface area contributed by atoms with Crippen molar-refractivity contribution in [3.63, 3.8) is 0 Å². The lowest BCUT2D eigenvalue weighted by Crippen LogP contribution is -2.22. The maximum atomic E-state index is 12.6. The Morgan fingerprint density at radius 3 is 2.53 bits per heavy atom. The van der Waals surface area contributed by atoms with Gasteiger partial charge < -0.3 is 19.4 Å². The van der Waals surface area contributed by atoms with Gasteiger partial charge in [-0.05, 0) is 31.2 Å². The number of ether oxygens (including phenoxy) is 2. The Labute approximate surface area is 179 Å². The molecule has 3 rings (SSSR count). The molecule has 7 heteroatoms. The first-order valence-corrected chi connectivity index (χ1v) is 10.4. The molecule has 156 valence electrons. The molecule has 1 heterocycles. The number of pyridine rings is 1. The second-order valence-corrected chi connectivity index (χ2v) is 7.76. The minimum atomic E-state index is -0.212. The van der Waals surface area contributed by atoms with Crippen LogP contribution in [0.3, 0.4) is 0 Å². The number of rotatable bonds is 8. The maximum absolute atomic E-state index is 12.6. The number of carbonyl (C=O) groups is 1. The van der Waals surface area contributed by atoms with Gasteiger partial charge >= 0.3 is 0 Å². The van der Waals surface area contributed by atoms with Crippen molar-refractivity contribution in [3.8, 4) is 11.5 Å². The minimum absolute atomic E-state index is 0.0532. The van der Waals surface area contributed by atoms with Crippen LogP contribution < -0.4 is 20.2 Å². The molecule has 0 spiro atoms. The lowest BCUT2D eigenvalue weighted by Gasteiger charge is -2.15. The average molecular weight is 425 g/mol. The van der Waals surface area contributed by atoms with E-state index in [1.807, 2.05) is 37.3 Å². The highest BCUT2D eigenvalue weighted by Gasteiger charge is 2.12. The topological polar surface area (TPSA) is 69.6 Å². The van der Waals surface area contributed by atoms with Crippen LogP contribution >= 0.6 is 11.8 Å². The quantitative estimate of drug-likeness (QED) is 0.551. The molecule has 6 nitrogen and oxygen atoms in total. The van der Waals surface area contributed by atoms with E-state index in [2.05, 4.69) is 5.32 Å². The number of thioether (sulfide) groups is 1. The van der Waals surface area contributed by atoms with E-state index >= 15 is 0 Å². The standard InChI is InChI=1S/C23H24N2O4S/c1-16-7-9-20(10-8-16)30-15-18-12-21(26)22(29-3)13-25(18)14-23(27)24-17-5-4-6-19(11-17)28-2/h4-13H,14-15H2,1-3H3,(H,24,27). The second-order valence-electron chi connectivity index (χ2n) is 6.71. The van der Waals surface area contributed by atoms with Gasteiger partial charge in [-0.1, -0.05) is 23.8 Å². The third kappa shape index (κ3) is 5.67. The molecule has 3 aromatic rings. The zero-order chi connectivity index (χ0) is 21.5. The van der Waals surface area contributed by atoms with E-state index in [9.17, 15) is 9.59 Å². The van der Waals surface area contributed by atoms with Crippen LogP contribution in [0.4, 0.5) is 5.69 Å². The maximum Gasteiger partial charge on any atom is 0.244 e. The molecule has 30 heavy (non-hydrogen) atoms. The minimum Gasteiger partial charge on any atom is -0.497 e. The summed E-state index contributed by atoms with van der Waals surface area (Å²) in [6.07, 6.45) is 1.58. The predicted octanol–water partition coefficient (Wildman–Crippen LogP) is 4.10. The Bertz CT molecular complexity index is 1080. The summed E-state index contributed by atoms with van der Waals surface area (Å²) >= 11 is 1.61. The first-order valence-electron chi connectivity index (χ1n) is 9.39. The molecule has 0 saturated heterocycles. The third-order valence-corrected chi connectivity index (χ3v) is 5.52. The molecule has 0 bridgehead atoms. The molecular weight excluding hydrogens is 400 g/mol. The van der Waals surface area contributed by atoms with Crippen LogP contribution in [0, 0.1) is 6.92 Å². The Kier molecular flexibility index (Phi) is 7.19. The largest absolute Gasteiger partial charge is 0.497 e. The van der Waals surface area contributed by atoms with Gasteiger partial charge in [0.1, 0.15) is 12.3 Å². The van der Waals surface area contributed by atoms with Crippen molar-refractivity contribution in [1.29, 1.82) is 0 Å². The fourth-order valence-electron chi connectivity index (χ4n) is 2.87. The van der Waals surface area contributed by atoms with Crippen LogP contribution in [0.2, 0.25) is 0 Å². The van der Waals surface area contributed by atoms with Gasteiger partial charge in [0.05, 0.1) is 20.4 Å². The highest BCUT2D eigenvalue weighted by molar-refractivity contribution is 7.98. The molecular formula is C23H24N2O4S. The summed E-state index contributed by atoms with van der Waals surface area (Å²) in [6.45, 7) is 2.09. The number of carbonyl (C=O) groups excluding carboxylic acids is 1. The van der Waals surface area contributed by atoms with Gasteiger partial charge in [-0.3, -0.25) is 9.59 Å². The van der Waals surface area contributed by atoms with Gasteiger partial charge in [-0.2, -0.15) is 0 Å². The number of anilines is 1. The van der Waals surface area contributed by atoms with E-state index in [4.69, 9.17) is 9.47 Å². The second kappa shape index (κ2) is 10.0. The van der Waals surface area contributed by atoms with E-state index in [1.54, 1.807) is 47.8 Å². The number of methoxy groups -OCH3 is 2. The smallest absolute Gasteiger partial charge is 0.244 e. The molecule has 0 aliphatic heterocycles. The molecule has 1 amide bonds. The third-order valence-electron chi connectivity index (χ3n) is 4.48. The van der Waals surface area contributed by atoms with Crippen LogP contribution in [0.5, 0.6) is 11.5 Å². The zero-order valence-corrected chi connectivity index (χ0v) is 18.0. The lowest BCUT2D eigenvalue weighted by molar-refractivity contribution is -0.116. The van der Waals surface area contributed by atoms with Crippen molar-refractivity contribution in [3.05, 3.63) is 82.3 Å². The summed E-state index contributed by atoms with van der Waals surface area (Å²) in [4.78, 5) is 26.0. The van der Waals surface area contributed by atoms with E-state index in [1.165, 1.54) is 18.7 Å². The molecule has 1 aromatic heterocycles. The van der Waals surface area contributed by atoms with Crippen molar-refractivity contribution in [2.75, 3.05) is 19.5 Å². The molecule has 0 unspecified atom stereocenters. The number of hydrogen-bond donors (Lipinski definition) is 1. The first-order chi connectivity index (χ1) is 14.5. The van der Waals surface area contributed by atoms with E-state index < -0.39 is 0 Å². The summed E-state index contributed by atoms with van der Waals surface area (Å²) in [5, 5.41) is 2.86. The molecule has 0 aliphatic carbocycles. The van der Waals surface area contributed by atoms with E-state index in [0.717, 1.165) is 10.6 Å². The number of aryl methyl sites for hydroxylation is 1. The van der Waals surface area contributed by atoms with Crippen molar-refractivity contribution < 1.29 is 14.3 Å². The van der Waals surface area contributed by atoms with E-state index in [-0.39, 0.29) is 23.6 Å². The van der Waals surface area contributed by atoms with Crippen LogP contribution in [0.1, 0.15) is 11.3 Å². The molecule has 0 atom stereocenters. The van der Waals surface area contributed by atoms with Gasteiger partial charge in [-0.25, -0.2) is 0 Å². The van der Waals surface area contributed by atoms with Crippen molar-refractivity contribution in [1.82, 2.24) is 4.57 Å². The normalized spacial score (nSPS) is 10.5. The molecule has 0 fully saturated rings. The number of nitrogens with zero attached hydrogens (tertiary/aromatic N) is 1. The summed E-state index contributed by atoms with van der Waals surface area (Å²) < 4.78 is 12.1. The number of amides is 1. The number of aromatic nitrogens is 1. The fraction of sp³-hybridized carbons (Fsp3) is 0.217. The predicted molar refractivity (Wildman–Crippen MR) is 120 cm³/mol. The molecule has 1 N–H and O–H groups in total. The van der Waals surface area contributed by atoms with Crippen molar-refractivity contribution in [2.45, 2.75) is 24.1 Å². The van der Waals surface area contributed by atoms with Gasteiger partial charge in [0.25, 0.3) is 0 Å². The summed E-state index contributed by atoms with van der Waals surface area (Å²) in [6, 6.07) is 16.9. The summed E-state index contributed by atoms with van der Waals surface area (Å²) in [5.41, 5.74) is 2.37. The highest BCUT2D eigenvalue weighted by atomic mass is 32.2.